The fourth-order valence-electron chi connectivity index (χ4n) is 1.43. The fourth-order valence-corrected chi connectivity index (χ4v) is 1.43. The highest BCUT2D eigenvalue weighted by molar-refractivity contribution is 5.72. The van der Waals surface area contributed by atoms with Crippen LogP contribution in [0.3, 0.4) is 0 Å². The van der Waals surface area contributed by atoms with Crippen LogP contribution in [0.2, 0.25) is 0 Å². The molecule has 0 saturated carbocycles. The third kappa shape index (κ3) is 4.88. The molecule has 78 valence electrons. The van der Waals surface area contributed by atoms with Crippen molar-refractivity contribution in [3.63, 3.8) is 0 Å². The summed E-state index contributed by atoms with van der Waals surface area (Å²) in [5.41, 5.74) is 0. The van der Waals surface area contributed by atoms with Gasteiger partial charge in [-0.2, -0.15) is 0 Å². The van der Waals surface area contributed by atoms with E-state index in [1.165, 1.54) is 0 Å². The number of quaternary nitrogens is 1. The van der Waals surface area contributed by atoms with Gasteiger partial charge in [0.2, 0.25) is 0 Å². The summed E-state index contributed by atoms with van der Waals surface area (Å²) < 4.78 is 0.513. The standard InChI is InChI=1S/C10H21NO2/c1-5-6-7-8-9(10(12)13)11(2,3)4/h9H,5-8H2,1-4H3/p+1. The second kappa shape index (κ2) is 5.22. The number of carboxylic acid groups (broad SMARTS) is 1. The summed E-state index contributed by atoms with van der Waals surface area (Å²) in [5, 5.41) is 8.99. The number of likely N-dealkylation sites (N-methyl/N-ethyl adjacent to an activating group) is 1. The number of unbranched alkanes of at least 4 members (excludes halogenated alkanes) is 2. The first-order valence-electron chi connectivity index (χ1n) is 4.93. The van der Waals surface area contributed by atoms with E-state index >= 15 is 0 Å². The van der Waals surface area contributed by atoms with Crippen molar-refractivity contribution in [2.45, 2.75) is 38.6 Å². The first kappa shape index (κ1) is 12.4. The molecule has 0 aliphatic carbocycles. The number of nitrogens with zero attached hydrogens (tertiary/aromatic N) is 1. The smallest absolute Gasteiger partial charge is 0.362 e. The third-order valence-corrected chi connectivity index (χ3v) is 2.30. The molecule has 1 atom stereocenters. The predicted molar refractivity (Wildman–Crippen MR) is 53.6 cm³/mol. The lowest BCUT2D eigenvalue weighted by atomic mass is 10.1. The van der Waals surface area contributed by atoms with E-state index in [4.69, 9.17) is 5.11 Å². The van der Waals surface area contributed by atoms with Gasteiger partial charge < -0.3 is 9.59 Å². The molecule has 0 aliphatic rings. The van der Waals surface area contributed by atoms with Crippen LogP contribution in [-0.2, 0) is 4.79 Å². The van der Waals surface area contributed by atoms with Gasteiger partial charge in [0, 0.05) is 6.42 Å². The van der Waals surface area contributed by atoms with E-state index in [0.717, 1.165) is 25.7 Å². The zero-order chi connectivity index (χ0) is 10.5. The van der Waals surface area contributed by atoms with Crippen LogP contribution in [-0.4, -0.2) is 42.7 Å². The Morgan fingerprint density at radius 3 is 2.15 bits per heavy atom. The zero-order valence-corrected chi connectivity index (χ0v) is 9.21. The maximum absolute atomic E-state index is 10.9. The number of carboxylic acids is 1. The van der Waals surface area contributed by atoms with E-state index < -0.39 is 5.97 Å². The Bertz CT molecular complexity index is 161. The molecular weight excluding hydrogens is 166 g/mol. The Hall–Kier alpha value is -0.570. The molecule has 3 heteroatoms. The molecule has 0 radical (unpaired) electrons. The fraction of sp³-hybridized carbons (Fsp3) is 0.900. The zero-order valence-electron chi connectivity index (χ0n) is 9.21. The maximum Gasteiger partial charge on any atom is 0.362 e. The largest absolute Gasteiger partial charge is 0.477 e. The molecule has 0 aromatic carbocycles. The van der Waals surface area contributed by atoms with Crippen LogP contribution in [0.25, 0.3) is 0 Å². The Kier molecular flexibility index (Phi) is 4.99. The Morgan fingerprint density at radius 2 is 1.85 bits per heavy atom. The van der Waals surface area contributed by atoms with Crippen LogP contribution in [0.5, 0.6) is 0 Å². The molecule has 0 heterocycles. The molecule has 1 unspecified atom stereocenters. The van der Waals surface area contributed by atoms with Crippen molar-refractivity contribution < 1.29 is 14.4 Å². The van der Waals surface area contributed by atoms with E-state index in [9.17, 15) is 4.79 Å². The molecule has 0 aromatic rings. The predicted octanol–water partition coefficient (Wildman–Crippen LogP) is 1.73. The monoisotopic (exact) mass is 188 g/mol. The summed E-state index contributed by atoms with van der Waals surface area (Å²) in [6.45, 7) is 2.13. The van der Waals surface area contributed by atoms with Crippen molar-refractivity contribution in [3.05, 3.63) is 0 Å². The van der Waals surface area contributed by atoms with Crippen LogP contribution in [0, 0.1) is 0 Å². The molecule has 0 bridgehead atoms. The van der Waals surface area contributed by atoms with Crippen molar-refractivity contribution in [1.29, 1.82) is 0 Å². The normalized spacial score (nSPS) is 14.2. The molecular formula is C10H22NO2+. The number of rotatable bonds is 6. The van der Waals surface area contributed by atoms with Gasteiger partial charge in [-0.15, -0.1) is 0 Å². The van der Waals surface area contributed by atoms with Gasteiger partial charge in [-0.05, 0) is 6.42 Å². The van der Waals surface area contributed by atoms with E-state index in [1.807, 2.05) is 21.1 Å². The van der Waals surface area contributed by atoms with Crippen LogP contribution >= 0.6 is 0 Å². The minimum Gasteiger partial charge on any atom is -0.477 e. The third-order valence-electron chi connectivity index (χ3n) is 2.30. The van der Waals surface area contributed by atoms with Gasteiger partial charge in [0.25, 0.3) is 0 Å². The summed E-state index contributed by atoms with van der Waals surface area (Å²) in [5.74, 6) is -0.677. The van der Waals surface area contributed by atoms with Gasteiger partial charge in [-0.3, -0.25) is 0 Å². The van der Waals surface area contributed by atoms with Crippen LogP contribution in [0.4, 0.5) is 0 Å². The van der Waals surface area contributed by atoms with Crippen LogP contribution < -0.4 is 0 Å². The van der Waals surface area contributed by atoms with Gasteiger partial charge in [-0.1, -0.05) is 19.8 Å². The Labute approximate surface area is 80.9 Å². The summed E-state index contributed by atoms with van der Waals surface area (Å²) in [7, 11) is 5.81. The number of carbonyl (C=O) groups is 1. The Balaban J connectivity index is 4.04. The maximum atomic E-state index is 10.9. The summed E-state index contributed by atoms with van der Waals surface area (Å²) in [6, 6.07) is -0.258. The lowest BCUT2D eigenvalue weighted by Gasteiger charge is -2.31. The molecule has 0 fully saturated rings. The highest BCUT2D eigenvalue weighted by Gasteiger charge is 2.30. The minimum atomic E-state index is -0.677. The quantitative estimate of drug-likeness (QED) is 0.509. The SMILES string of the molecule is CCCCCC(C(=O)O)[N+](C)(C)C. The topological polar surface area (TPSA) is 37.3 Å². The van der Waals surface area contributed by atoms with Gasteiger partial charge in [0.05, 0.1) is 21.1 Å². The van der Waals surface area contributed by atoms with Crippen molar-refractivity contribution in [3.8, 4) is 0 Å². The first-order chi connectivity index (χ1) is 5.89. The summed E-state index contributed by atoms with van der Waals surface area (Å²) >= 11 is 0. The molecule has 0 spiro atoms. The second-order valence-corrected chi connectivity index (χ2v) is 4.47. The molecule has 0 aliphatic heterocycles. The van der Waals surface area contributed by atoms with E-state index in [0.29, 0.717) is 4.48 Å². The van der Waals surface area contributed by atoms with Gasteiger partial charge in [0.15, 0.2) is 6.04 Å². The second-order valence-electron chi connectivity index (χ2n) is 4.47. The molecule has 13 heavy (non-hydrogen) atoms. The highest BCUT2D eigenvalue weighted by atomic mass is 16.4. The Morgan fingerprint density at radius 1 is 1.31 bits per heavy atom. The minimum absolute atomic E-state index is 0.258. The molecule has 0 saturated heterocycles. The van der Waals surface area contributed by atoms with E-state index in [2.05, 4.69) is 6.92 Å². The van der Waals surface area contributed by atoms with Crippen molar-refractivity contribution in [1.82, 2.24) is 0 Å². The average Bonchev–Trinajstić information content (AvgIpc) is 1.94. The molecule has 0 aromatic heterocycles. The lowest BCUT2D eigenvalue weighted by Crippen LogP contribution is -2.49. The van der Waals surface area contributed by atoms with Crippen molar-refractivity contribution in [2.75, 3.05) is 21.1 Å². The number of aliphatic carboxylic acids is 1. The first-order valence-corrected chi connectivity index (χ1v) is 4.93. The van der Waals surface area contributed by atoms with Gasteiger partial charge in [-0.25, -0.2) is 4.79 Å². The van der Waals surface area contributed by atoms with Crippen LogP contribution in [0.15, 0.2) is 0 Å². The molecule has 1 N–H and O–H groups in total. The molecule has 0 amide bonds. The van der Waals surface area contributed by atoms with Gasteiger partial charge in [0.1, 0.15) is 0 Å². The number of hydrogen-bond donors (Lipinski definition) is 1. The van der Waals surface area contributed by atoms with Gasteiger partial charge >= 0.3 is 5.97 Å². The van der Waals surface area contributed by atoms with E-state index in [-0.39, 0.29) is 6.04 Å². The number of hydrogen-bond acceptors (Lipinski definition) is 1. The van der Waals surface area contributed by atoms with Crippen molar-refractivity contribution in [2.24, 2.45) is 0 Å². The summed E-state index contributed by atoms with van der Waals surface area (Å²) in [4.78, 5) is 10.9. The average molecular weight is 188 g/mol. The lowest BCUT2D eigenvalue weighted by molar-refractivity contribution is -0.887. The van der Waals surface area contributed by atoms with E-state index in [1.54, 1.807) is 0 Å². The van der Waals surface area contributed by atoms with Crippen LogP contribution in [0.1, 0.15) is 32.6 Å². The molecule has 0 rings (SSSR count). The van der Waals surface area contributed by atoms with Crippen molar-refractivity contribution >= 4 is 5.97 Å². The molecule has 3 nitrogen and oxygen atoms in total. The highest BCUT2D eigenvalue weighted by Crippen LogP contribution is 2.12. The summed E-state index contributed by atoms with van der Waals surface area (Å²) in [6.07, 6.45) is 4.07.